The van der Waals surface area contributed by atoms with Crippen molar-refractivity contribution in [3.63, 3.8) is 0 Å². The first-order chi connectivity index (χ1) is 13.6. The number of alkyl halides is 3. The van der Waals surface area contributed by atoms with Gasteiger partial charge < -0.3 is 4.90 Å². The second-order valence-corrected chi connectivity index (χ2v) is 6.50. The van der Waals surface area contributed by atoms with Crippen LogP contribution in [0.2, 0.25) is 0 Å². The molecule has 0 aliphatic rings. The Morgan fingerprint density at radius 1 is 1.14 bits per heavy atom. The van der Waals surface area contributed by atoms with Gasteiger partial charge in [-0.15, -0.1) is 0 Å². The van der Waals surface area contributed by atoms with Crippen LogP contribution in [0.25, 0.3) is 5.69 Å². The molecule has 0 fully saturated rings. The fourth-order valence-electron chi connectivity index (χ4n) is 2.94. The lowest BCUT2D eigenvalue weighted by Crippen LogP contribution is -2.29. The van der Waals surface area contributed by atoms with E-state index >= 15 is 0 Å². The van der Waals surface area contributed by atoms with E-state index in [1.54, 1.807) is 25.1 Å². The summed E-state index contributed by atoms with van der Waals surface area (Å²) >= 11 is 0. The lowest BCUT2D eigenvalue weighted by molar-refractivity contribution is -0.143. The Balaban J connectivity index is 2.00. The average molecular weight is 409 g/mol. The molecule has 0 atom stereocenters. The van der Waals surface area contributed by atoms with E-state index in [0.29, 0.717) is 16.3 Å². The number of carbonyl (C=O) groups excluding carboxylic acids is 1. The maximum Gasteiger partial charge on any atom is 0.434 e. The van der Waals surface area contributed by atoms with E-state index in [4.69, 9.17) is 0 Å². The van der Waals surface area contributed by atoms with Gasteiger partial charge in [-0.3, -0.25) is 4.79 Å². The van der Waals surface area contributed by atoms with Crippen molar-refractivity contribution in [2.24, 2.45) is 0 Å². The first kappa shape index (κ1) is 20.5. The number of hydrogen-bond donors (Lipinski definition) is 0. The maximum atomic E-state index is 13.8. The standard InChI is InChI=1S/C20H16F5N3O/c1-12-5-3-4-6-17(12)28-18(20(23,24)25)15(10-26-28)19(29)27(2)11-13-7-8-14(21)9-16(13)22/h3-10H,11H2,1-2H3. The molecule has 152 valence electrons. The minimum absolute atomic E-state index is 0.0258. The molecule has 0 bridgehead atoms. The summed E-state index contributed by atoms with van der Waals surface area (Å²) in [5, 5.41) is 3.78. The van der Waals surface area contributed by atoms with Gasteiger partial charge in [-0.05, 0) is 24.6 Å². The molecule has 2 aromatic carbocycles. The second-order valence-electron chi connectivity index (χ2n) is 6.50. The fourth-order valence-corrected chi connectivity index (χ4v) is 2.94. The molecule has 0 unspecified atom stereocenters. The summed E-state index contributed by atoms with van der Waals surface area (Å²) in [5.74, 6) is -2.67. The van der Waals surface area contributed by atoms with Crippen molar-refractivity contribution in [1.82, 2.24) is 14.7 Å². The topological polar surface area (TPSA) is 38.1 Å². The number of amides is 1. The van der Waals surface area contributed by atoms with Gasteiger partial charge in [-0.1, -0.05) is 24.3 Å². The summed E-state index contributed by atoms with van der Waals surface area (Å²) in [6.45, 7) is 1.29. The Kier molecular flexibility index (Phi) is 5.41. The van der Waals surface area contributed by atoms with Crippen molar-refractivity contribution in [2.45, 2.75) is 19.6 Å². The molecule has 29 heavy (non-hydrogen) atoms. The predicted molar refractivity (Wildman–Crippen MR) is 95.5 cm³/mol. The highest BCUT2D eigenvalue weighted by Crippen LogP contribution is 2.34. The van der Waals surface area contributed by atoms with Gasteiger partial charge in [0.1, 0.15) is 11.6 Å². The molecular weight excluding hydrogens is 393 g/mol. The minimum atomic E-state index is -4.86. The monoisotopic (exact) mass is 409 g/mol. The quantitative estimate of drug-likeness (QED) is 0.584. The zero-order chi connectivity index (χ0) is 21.3. The van der Waals surface area contributed by atoms with Crippen LogP contribution < -0.4 is 0 Å². The van der Waals surface area contributed by atoms with Crippen molar-refractivity contribution in [3.05, 3.63) is 82.7 Å². The summed E-state index contributed by atoms with van der Waals surface area (Å²) in [5.41, 5.74) is -1.18. The van der Waals surface area contributed by atoms with Gasteiger partial charge >= 0.3 is 6.18 Å². The number of carbonyl (C=O) groups is 1. The number of rotatable bonds is 4. The average Bonchev–Trinajstić information content (AvgIpc) is 3.09. The number of nitrogens with zero attached hydrogens (tertiary/aromatic N) is 3. The van der Waals surface area contributed by atoms with E-state index in [0.717, 1.165) is 23.2 Å². The smallest absolute Gasteiger partial charge is 0.337 e. The maximum absolute atomic E-state index is 13.8. The molecule has 1 aromatic heterocycles. The van der Waals surface area contributed by atoms with Crippen LogP contribution in [-0.2, 0) is 12.7 Å². The molecule has 0 aliphatic heterocycles. The zero-order valence-electron chi connectivity index (χ0n) is 15.5. The van der Waals surface area contributed by atoms with Crippen LogP contribution in [0.3, 0.4) is 0 Å². The van der Waals surface area contributed by atoms with E-state index in [2.05, 4.69) is 5.10 Å². The van der Waals surface area contributed by atoms with Gasteiger partial charge in [0.25, 0.3) is 5.91 Å². The number of aryl methyl sites for hydroxylation is 1. The molecule has 9 heteroatoms. The van der Waals surface area contributed by atoms with Gasteiger partial charge in [0.15, 0.2) is 5.69 Å². The highest BCUT2D eigenvalue weighted by atomic mass is 19.4. The summed E-state index contributed by atoms with van der Waals surface area (Å²) < 4.78 is 68.9. The van der Waals surface area contributed by atoms with E-state index < -0.39 is 35.0 Å². The van der Waals surface area contributed by atoms with Crippen molar-refractivity contribution < 1.29 is 26.7 Å². The van der Waals surface area contributed by atoms with Crippen LogP contribution in [0.15, 0.2) is 48.7 Å². The SMILES string of the molecule is Cc1ccccc1-n1ncc(C(=O)N(C)Cc2ccc(F)cc2F)c1C(F)(F)F. The predicted octanol–water partition coefficient (Wildman–Crippen LogP) is 4.75. The first-order valence-corrected chi connectivity index (χ1v) is 8.50. The third kappa shape index (κ3) is 4.13. The Morgan fingerprint density at radius 3 is 2.45 bits per heavy atom. The van der Waals surface area contributed by atoms with Crippen LogP contribution in [0.4, 0.5) is 22.0 Å². The van der Waals surface area contributed by atoms with Gasteiger partial charge in [0.2, 0.25) is 0 Å². The summed E-state index contributed by atoms with van der Waals surface area (Å²) in [7, 11) is 1.23. The van der Waals surface area contributed by atoms with Crippen LogP contribution in [0.5, 0.6) is 0 Å². The van der Waals surface area contributed by atoms with Gasteiger partial charge in [-0.2, -0.15) is 18.3 Å². The molecule has 0 N–H and O–H groups in total. The molecule has 0 aliphatic carbocycles. The van der Waals surface area contributed by atoms with Crippen LogP contribution in [0, 0.1) is 18.6 Å². The number of hydrogen-bond acceptors (Lipinski definition) is 2. The van der Waals surface area contributed by atoms with E-state index in [1.165, 1.54) is 13.1 Å². The number of para-hydroxylation sites is 1. The minimum Gasteiger partial charge on any atom is -0.337 e. The summed E-state index contributed by atoms with van der Waals surface area (Å²) in [6.07, 6.45) is -4.01. The van der Waals surface area contributed by atoms with Gasteiger partial charge in [0.05, 0.1) is 17.4 Å². The van der Waals surface area contributed by atoms with Gasteiger partial charge in [0, 0.05) is 25.2 Å². The molecule has 0 spiro atoms. The normalized spacial score (nSPS) is 11.6. The molecule has 0 saturated carbocycles. The Morgan fingerprint density at radius 2 is 1.83 bits per heavy atom. The Hall–Kier alpha value is -3.23. The first-order valence-electron chi connectivity index (χ1n) is 8.50. The summed E-state index contributed by atoms with van der Waals surface area (Å²) in [6, 6.07) is 9.11. The molecule has 1 amide bonds. The number of aromatic nitrogens is 2. The van der Waals surface area contributed by atoms with E-state index in [-0.39, 0.29) is 17.8 Å². The largest absolute Gasteiger partial charge is 0.434 e. The number of benzene rings is 2. The van der Waals surface area contributed by atoms with Crippen LogP contribution in [-0.4, -0.2) is 27.6 Å². The molecule has 3 aromatic rings. The van der Waals surface area contributed by atoms with Crippen molar-refractivity contribution in [3.8, 4) is 5.69 Å². The highest BCUT2D eigenvalue weighted by molar-refractivity contribution is 5.95. The lowest BCUT2D eigenvalue weighted by Gasteiger charge is -2.19. The number of halogens is 5. The van der Waals surface area contributed by atoms with Crippen LogP contribution in [0.1, 0.15) is 27.2 Å². The third-order valence-corrected chi connectivity index (χ3v) is 4.38. The molecule has 0 radical (unpaired) electrons. The van der Waals surface area contributed by atoms with Gasteiger partial charge in [-0.25, -0.2) is 13.5 Å². The Labute approximate surface area is 163 Å². The van der Waals surface area contributed by atoms with Crippen molar-refractivity contribution in [2.75, 3.05) is 7.05 Å². The fraction of sp³-hybridized carbons (Fsp3) is 0.200. The van der Waals surface area contributed by atoms with Crippen molar-refractivity contribution >= 4 is 5.91 Å². The zero-order valence-corrected chi connectivity index (χ0v) is 15.5. The summed E-state index contributed by atoms with van der Waals surface area (Å²) in [4.78, 5) is 13.6. The van der Waals surface area contributed by atoms with E-state index in [1.807, 2.05) is 0 Å². The van der Waals surface area contributed by atoms with E-state index in [9.17, 15) is 26.7 Å². The molecule has 0 saturated heterocycles. The van der Waals surface area contributed by atoms with Crippen molar-refractivity contribution in [1.29, 1.82) is 0 Å². The second kappa shape index (κ2) is 7.65. The molecular formula is C20H16F5N3O. The third-order valence-electron chi connectivity index (χ3n) is 4.38. The lowest BCUT2D eigenvalue weighted by atomic mass is 10.1. The molecule has 3 rings (SSSR count). The molecule has 4 nitrogen and oxygen atoms in total. The van der Waals surface area contributed by atoms with Crippen LogP contribution >= 0.6 is 0 Å². The molecule has 1 heterocycles. The Bertz CT molecular complexity index is 1060. The highest BCUT2D eigenvalue weighted by Gasteiger charge is 2.41.